The second kappa shape index (κ2) is 7.25. The molecule has 0 saturated heterocycles. The number of hydrogen-bond acceptors (Lipinski definition) is 2. The second-order valence-electron chi connectivity index (χ2n) is 2.77. The second-order valence-corrected chi connectivity index (χ2v) is 5.20. The highest BCUT2D eigenvalue weighted by Gasteiger charge is 1.93. The van der Waals surface area contributed by atoms with E-state index in [9.17, 15) is 0 Å². The van der Waals surface area contributed by atoms with Crippen LogP contribution in [0.3, 0.4) is 0 Å². The van der Waals surface area contributed by atoms with Crippen molar-refractivity contribution in [2.24, 2.45) is 5.73 Å². The quantitative estimate of drug-likeness (QED) is 0.468. The molecule has 2 N–H and O–H groups in total. The first kappa shape index (κ1) is 10.1. The maximum absolute atomic E-state index is 5.49. The molecule has 0 saturated carbocycles. The number of rotatable bonds is 6. The molecule has 3 heteroatoms. The fourth-order valence-electron chi connectivity index (χ4n) is 0.742. The Hall–Kier alpha value is 0.137. The molecular formula is C7H19NOSi. The first-order chi connectivity index (χ1) is 4.77. The van der Waals surface area contributed by atoms with Crippen LogP contribution in [0.15, 0.2) is 0 Å². The van der Waals surface area contributed by atoms with Crippen LogP contribution in [0.2, 0.25) is 13.1 Å². The standard InChI is InChI=1S/C7H19NOSi/c1-10(2)9-7-5-3-4-6-8/h10H,3-8H2,1-2H3. The summed E-state index contributed by atoms with van der Waals surface area (Å²) in [7, 11) is -0.753. The Labute approximate surface area is 65.5 Å². The van der Waals surface area contributed by atoms with Gasteiger partial charge in [0.1, 0.15) is 0 Å². The van der Waals surface area contributed by atoms with Crippen LogP contribution in [0.4, 0.5) is 0 Å². The van der Waals surface area contributed by atoms with Gasteiger partial charge in [0.05, 0.1) is 0 Å². The van der Waals surface area contributed by atoms with Crippen molar-refractivity contribution in [3.8, 4) is 0 Å². The van der Waals surface area contributed by atoms with Gasteiger partial charge in [-0.05, 0) is 38.9 Å². The van der Waals surface area contributed by atoms with Gasteiger partial charge in [0.2, 0.25) is 0 Å². The summed E-state index contributed by atoms with van der Waals surface area (Å²) in [5.74, 6) is 0. The Balaban J connectivity index is 2.77. The lowest BCUT2D eigenvalue weighted by atomic mass is 10.2. The zero-order chi connectivity index (χ0) is 7.82. The number of unbranched alkanes of at least 4 members (excludes halogenated alkanes) is 2. The van der Waals surface area contributed by atoms with Crippen LogP contribution >= 0.6 is 0 Å². The van der Waals surface area contributed by atoms with Gasteiger partial charge in [-0.3, -0.25) is 0 Å². The molecule has 0 aliphatic rings. The SMILES string of the molecule is C[SiH](C)OCCCCCN. The summed E-state index contributed by atoms with van der Waals surface area (Å²) in [6.45, 7) is 6.16. The largest absolute Gasteiger partial charge is 0.421 e. The van der Waals surface area contributed by atoms with Crippen LogP contribution in [-0.4, -0.2) is 22.2 Å². The molecule has 0 aliphatic heterocycles. The van der Waals surface area contributed by atoms with Crippen molar-refractivity contribution in [1.29, 1.82) is 0 Å². The zero-order valence-corrected chi connectivity index (χ0v) is 8.25. The van der Waals surface area contributed by atoms with Crippen molar-refractivity contribution < 1.29 is 4.43 Å². The van der Waals surface area contributed by atoms with Gasteiger partial charge in [0.25, 0.3) is 0 Å². The highest BCUT2D eigenvalue weighted by molar-refractivity contribution is 6.48. The van der Waals surface area contributed by atoms with E-state index in [0.717, 1.165) is 19.6 Å². The van der Waals surface area contributed by atoms with Crippen molar-refractivity contribution in [1.82, 2.24) is 0 Å². The van der Waals surface area contributed by atoms with E-state index in [1.807, 2.05) is 0 Å². The summed E-state index contributed by atoms with van der Waals surface area (Å²) in [4.78, 5) is 0. The summed E-state index contributed by atoms with van der Waals surface area (Å²) in [5, 5.41) is 0. The van der Waals surface area contributed by atoms with Gasteiger partial charge < -0.3 is 10.2 Å². The maximum Gasteiger partial charge on any atom is 0.170 e. The molecule has 2 nitrogen and oxygen atoms in total. The molecule has 10 heavy (non-hydrogen) atoms. The summed E-state index contributed by atoms with van der Waals surface area (Å²) in [6, 6.07) is 0. The average Bonchev–Trinajstić information content (AvgIpc) is 1.87. The minimum Gasteiger partial charge on any atom is -0.421 e. The van der Waals surface area contributed by atoms with Crippen molar-refractivity contribution in [3.63, 3.8) is 0 Å². The summed E-state index contributed by atoms with van der Waals surface area (Å²) in [5.41, 5.74) is 5.34. The fourth-order valence-corrected chi connectivity index (χ4v) is 1.38. The lowest BCUT2D eigenvalue weighted by Crippen LogP contribution is -2.09. The zero-order valence-electron chi connectivity index (χ0n) is 7.10. The lowest BCUT2D eigenvalue weighted by molar-refractivity contribution is 0.313. The Morgan fingerprint density at radius 3 is 2.40 bits per heavy atom. The van der Waals surface area contributed by atoms with Gasteiger partial charge in [-0.2, -0.15) is 0 Å². The summed E-state index contributed by atoms with van der Waals surface area (Å²) in [6.07, 6.45) is 3.54. The molecule has 0 bridgehead atoms. The molecule has 0 unspecified atom stereocenters. The van der Waals surface area contributed by atoms with Crippen molar-refractivity contribution in [2.45, 2.75) is 32.4 Å². The summed E-state index contributed by atoms with van der Waals surface area (Å²) < 4.78 is 5.49. The van der Waals surface area contributed by atoms with Gasteiger partial charge in [-0.15, -0.1) is 0 Å². The molecule has 0 aromatic carbocycles. The fraction of sp³-hybridized carbons (Fsp3) is 1.00. The number of nitrogens with two attached hydrogens (primary N) is 1. The Morgan fingerprint density at radius 1 is 1.20 bits per heavy atom. The highest BCUT2D eigenvalue weighted by atomic mass is 28.3. The van der Waals surface area contributed by atoms with Crippen molar-refractivity contribution in [2.75, 3.05) is 13.2 Å². The monoisotopic (exact) mass is 161 g/mol. The van der Waals surface area contributed by atoms with Crippen LogP contribution in [0.5, 0.6) is 0 Å². The Bertz CT molecular complexity index is 68.6. The highest BCUT2D eigenvalue weighted by Crippen LogP contribution is 1.95. The van der Waals surface area contributed by atoms with E-state index in [2.05, 4.69) is 13.1 Å². The lowest BCUT2D eigenvalue weighted by Gasteiger charge is -2.04. The van der Waals surface area contributed by atoms with Gasteiger partial charge in [0.15, 0.2) is 9.04 Å². The van der Waals surface area contributed by atoms with Gasteiger partial charge in [-0.25, -0.2) is 0 Å². The van der Waals surface area contributed by atoms with E-state index in [4.69, 9.17) is 10.2 Å². The third kappa shape index (κ3) is 8.14. The smallest absolute Gasteiger partial charge is 0.170 e. The average molecular weight is 161 g/mol. The molecule has 0 rings (SSSR count). The van der Waals surface area contributed by atoms with Gasteiger partial charge >= 0.3 is 0 Å². The van der Waals surface area contributed by atoms with E-state index in [-0.39, 0.29) is 0 Å². The predicted molar refractivity (Wildman–Crippen MR) is 47.7 cm³/mol. The molecular weight excluding hydrogens is 142 g/mol. The van der Waals surface area contributed by atoms with Crippen LogP contribution in [0.25, 0.3) is 0 Å². The maximum atomic E-state index is 5.49. The first-order valence-corrected chi connectivity index (χ1v) is 6.87. The van der Waals surface area contributed by atoms with Gasteiger partial charge in [-0.1, -0.05) is 0 Å². The van der Waals surface area contributed by atoms with Crippen LogP contribution in [0.1, 0.15) is 19.3 Å². The minimum atomic E-state index is -0.753. The molecule has 0 atom stereocenters. The van der Waals surface area contributed by atoms with E-state index in [0.29, 0.717) is 0 Å². The molecule has 0 fully saturated rings. The molecule has 0 aromatic heterocycles. The normalized spacial score (nSPS) is 10.8. The molecule has 0 aromatic rings. The van der Waals surface area contributed by atoms with E-state index >= 15 is 0 Å². The van der Waals surface area contributed by atoms with Crippen LogP contribution < -0.4 is 5.73 Å². The first-order valence-electron chi connectivity index (χ1n) is 4.09. The predicted octanol–water partition coefficient (Wildman–Crippen LogP) is 1.12. The number of hydrogen-bond donors (Lipinski definition) is 1. The van der Waals surface area contributed by atoms with E-state index in [1.165, 1.54) is 12.8 Å². The molecule has 0 amide bonds. The van der Waals surface area contributed by atoms with Crippen LogP contribution in [0, 0.1) is 0 Å². The van der Waals surface area contributed by atoms with Gasteiger partial charge in [0, 0.05) is 6.61 Å². The third-order valence-electron chi connectivity index (χ3n) is 1.30. The molecule has 0 heterocycles. The van der Waals surface area contributed by atoms with E-state index < -0.39 is 9.04 Å². The molecule has 0 radical (unpaired) electrons. The van der Waals surface area contributed by atoms with E-state index in [1.54, 1.807) is 0 Å². The van der Waals surface area contributed by atoms with Crippen molar-refractivity contribution >= 4 is 9.04 Å². The Morgan fingerprint density at radius 2 is 1.90 bits per heavy atom. The minimum absolute atomic E-state index is 0.753. The van der Waals surface area contributed by atoms with Crippen LogP contribution in [-0.2, 0) is 4.43 Å². The van der Waals surface area contributed by atoms with Crippen molar-refractivity contribution in [3.05, 3.63) is 0 Å². The molecule has 0 spiro atoms. The topological polar surface area (TPSA) is 35.2 Å². The molecule has 0 aliphatic carbocycles. The molecule has 62 valence electrons. The Kier molecular flexibility index (Phi) is 7.35. The third-order valence-corrected chi connectivity index (χ3v) is 2.20. The summed E-state index contributed by atoms with van der Waals surface area (Å²) >= 11 is 0.